The summed E-state index contributed by atoms with van der Waals surface area (Å²) < 4.78 is 0. The fourth-order valence-corrected chi connectivity index (χ4v) is 2.97. The normalized spacial score (nSPS) is 15.4. The molecule has 0 unspecified atom stereocenters. The number of rotatable bonds is 2. The molecular weight excluding hydrogens is 292 g/mol. The smallest absolute Gasteiger partial charge is 0.182 e. The van der Waals surface area contributed by atoms with Crippen LogP contribution in [0.25, 0.3) is 11.2 Å². The van der Waals surface area contributed by atoms with E-state index >= 15 is 0 Å². The number of hydrogen-bond donors (Lipinski definition) is 1. The molecule has 3 aromatic heterocycles. The zero-order valence-electron chi connectivity index (χ0n) is 13.2. The molecule has 1 saturated heterocycles. The maximum absolute atomic E-state index is 4.46. The van der Waals surface area contributed by atoms with Crippen molar-refractivity contribution in [3.8, 4) is 0 Å². The van der Waals surface area contributed by atoms with E-state index in [9.17, 15) is 0 Å². The summed E-state index contributed by atoms with van der Waals surface area (Å²) in [6.07, 6.45) is 4.87. The van der Waals surface area contributed by atoms with Crippen molar-refractivity contribution in [3.63, 3.8) is 0 Å². The largest absolute Gasteiger partial charge is 0.353 e. The molecule has 8 nitrogen and oxygen atoms in total. The lowest BCUT2D eigenvalue weighted by Gasteiger charge is -2.36. The summed E-state index contributed by atoms with van der Waals surface area (Å²) in [4.78, 5) is 29.2. The molecule has 1 aliphatic rings. The Morgan fingerprint density at radius 1 is 0.826 bits per heavy atom. The van der Waals surface area contributed by atoms with E-state index in [2.05, 4.69) is 46.6 Å². The summed E-state index contributed by atoms with van der Waals surface area (Å²) in [6, 6.07) is 0. The molecule has 118 valence electrons. The van der Waals surface area contributed by atoms with E-state index < -0.39 is 0 Å². The Labute approximate surface area is 133 Å². The highest BCUT2D eigenvalue weighted by Crippen LogP contribution is 2.24. The lowest BCUT2D eigenvalue weighted by molar-refractivity contribution is 0.640. The number of anilines is 2. The van der Waals surface area contributed by atoms with Crippen LogP contribution >= 0.6 is 0 Å². The molecular formula is C15H18N8. The number of hydrogen-bond acceptors (Lipinski definition) is 7. The van der Waals surface area contributed by atoms with Gasteiger partial charge in [0.2, 0.25) is 0 Å². The lowest BCUT2D eigenvalue weighted by atomic mass is 10.2. The quantitative estimate of drug-likeness (QED) is 0.758. The Balaban J connectivity index is 1.55. The van der Waals surface area contributed by atoms with Gasteiger partial charge in [-0.1, -0.05) is 0 Å². The van der Waals surface area contributed by atoms with Crippen LogP contribution < -0.4 is 9.80 Å². The topological polar surface area (TPSA) is 86.7 Å². The van der Waals surface area contributed by atoms with Crippen LogP contribution in [0.15, 0.2) is 19.0 Å². The predicted molar refractivity (Wildman–Crippen MR) is 87.6 cm³/mol. The number of nitrogens with zero attached hydrogens (tertiary/aromatic N) is 7. The number of nitrogens with one attached hydrogen (secondary N) is 1. The van der Waals surface area contributed by atoms with Crippen LogP contribution in [0.3, 0.4) is 0 Å². The highest BCUT2D eigenvalue weighted by atomic mass is 15.3. The predicted octanol–water partition coefficient (Wildman–Crippen LogP) is 1.09. The molecule has 23 heavy (non-hydrogen) atoms. The third-order valence-electron chi connectivity index (χ3n) is 4.39. The summed E-state index contributed by atoms with van der Waals surface area (Å²) in [5.41, 5.74) is 3.79. The molecule has 0 radical (unpaired) electrons. The second kappa shape index (κ2) is 5.45. The molecule has 3 aromatic rings. The number of aromatic amines is 1. The fraction of sp³-hybridized carbons (Fsp3) is 0.400. The van der Waals surface area contributed by atoms with Crippen LogP contribution in [-0.2, 0) is 0 Å². The van der Waals surface area contributed by atoms with E-state index in [0.717, 1.165) is 54.6 Å². The SMILES string of the molecule is Cc1ncnc(N2CCN(c3ncnc4nc[nH]c34)CC2)c1C. The molecule has 4 rings (SSSR count). The zero-order valence-corrected chi connectivity index (χ0v) is 13.2. The van der Waals surface area contributed by atoms with Crippen molar-refractivity contribution in [3.05, 3.63) is 30.2 Å². The highest BCUT2D eigenvalue weighted by Gasteiger charge is 2.22. The van der Waals surface area contributed by atoms with Crippen molar-refractivity contribution >= 4 is 22.8 Å². The minimum atomic E-state index is 0.708. The molecule has 0 aromatic carbocycles. The van der Waals surface area contributed by atoms with Gasteiger partial charge >= 0.3 is 0 Å². The minimum Gasteiger partial charge on any atom is -0.353 e. The van der Waals surface area contributed by atoms with Gasteiger partial charge < -0.3 is 14.8 Å². The van der Waals surface area contributed by atoms with Crippen molar-refractivity contribution in [2.75, 3.05) is 36.0 Å². The third-order valence-corrected chi connectivity index (χ3v) is 4.39. The molecule has 4 heterocycles. The number of aryl methyl sites for hydroxylation is 1. The third kappa shape index (κ3) is 2.36. The summed E-state index contributed by atoms with van der Waals surface area (Å²) >= 11 is 0. The van der Waals surface area contributed by atoms with Crippen LogP contribution in [0.1, 0.15) is 11.3 Å². The van der Waals surface area contributed by atoms with Gasteiger partial charge in [0.1, 0.15) is 24.0 Å². The number of fused-ring (bicyclic) bond motifs is 1. The maximum Gasteiger partial charge on any atom is 0.182 e. The van der Waals surface area contributed by atoms with Crippen molar-refractivity contribution in [1.29, 1.82) is 0 Å². The van der Waals surface area contributed by atoms with Crippen LogP contribution in [0.2, 0.25) is 0 Å². The second-order valence-electron chi connectivity index (χ2n) is 5.68. The average molecular weight is 310 g/mol. The van der Waals surface area contributed by atoms with Gasteiger partial charge in [0.05, 0.1) is 6.33 Å². The number of piperazine rings is 1. The molecule has 0 spiro atoms. The molecule has 1 N–H and O–H groups in total. The Kier molecular flexibility index (Phi) is 3.29. The van der Waals surface area contributed by atoms with Crippen molar-refractivity contribution in [1.82, 2.24) is 29.9 Å². The molecule has 0 aliphatic carbocycles. The fourth-order valence-electron chi connectivity index (χ4n) is 2.97. The summed E-state index contributed by atoms with van der Waals surface area (Å²) in [5, 5.41) is 0. The first kappa shape index (κ1) is 13.9. The molecule has 1 aliphatic heterocycles. The van der Waals surface area contributed by atoms with E-state index in [1.807, 2.05) is 6.92 Å². The van der Waals surface area contributed by atoms with E-state index in [1.54, 1.807) is 19.0 Å². The van der Waals surface area contributed by atoms with E-state index in [1.165, 1.54) is 0 Å². The molecule has 0 atom stereocenters. The van der Waals surface area contributed by atoms with Gasteiger partial charge in [0.25, 0.3) is 0 Å². The van der Waals surface area contributed by atoms with Crippen LogP contribution in [-0.4, -0.2) is 56.1 Å². The molecule has 8 heteroatoms. The van der Waals surface area contributed by atoms with Gasteiger partial charge in [-0.3, -0.25) is 0 Å². The number of imidazole rings is 1. The summed E-state index contributed by atoms with van der Waals surface area (Å²) in [7, 11) is 0. The minimum absolute atomic E-state index is 0.708. The Morgan fingerprint density at radius 3 is 2.26 bits per heavy atom. The Morgan fingerprint density at radius 2 is 1.48 bits per heavy atom. The van der Waals surface area contributed by atoms with Gasteiger partial charge in [-0.05, 0) is 13.8 Å². The van der Waals surface area contributed by atoms with E-state index in [0.29, 0.717) is 5.65 Å². The van der Waals surface area contributed by atoms with E-state index in [-0.39, 0.29) is 0 Å². The van der Waals surface area contributed by atoms with Gasteiger partial charge in [-0.25, -0.2) is 24.9 Å². The first-order valence-corrected chi connectivity index (χ1v) is 7.66. The number of H-pyrrole nitrogens is 1. The van der Waals surface area contributed by atoms with Crippen molar-refractivity contribution in [2.24, 2.45) is 0 Å². The van der Waals surface area contributed by atoms with Gasteiger partial charge in [0.15, 0.2) is 11.5 Å². The highest BCUT2D eigenvalue weighted by molar-refractivity contribution is 5.82. The summed E-state index contributed by atoms with van der Waals surface area (Å²) in [5.74, 6) is 1.95. The second-order valence-corrected chi connectivity index (χ2v) is 5.68. The van der Waals surface area contributed by atoms with E-state index in [4.69, 9.17) is 0 Å². The molecule has 0 saturated carbocycles. The van der Waals surface area contributed by atoms with Gasteiger partial charge in [0, 0.05) is 37.4 Å². The standard InChI is InChI=1S/C15H18N8/c1-10-11(2)16-7-20-14(10)22-3-5-23(6-4-22)15-12-13(18-8-17-12)19-9-21-15/h7-9H,3-6H2,1-2H3,(H,17,18,19,21). The summed E-state index contributed by atoms with van der Waals surface area (Å²) in [6.45, 7) is 7.66. The molecule has 0 bridgehead atoms. The van der Waals surface area contributed by atoms with Crippen LogP contribution in [0, 0.1) is 13.8 Å². The van der Waals surface area contributed by atoms with Gasteiger partial charge in [-0.15, -0.1) is 0 Å². The lowest BCUT2D eigenvalue weighted by Crippen LogP contribution is -2.47. The average Bonchev–Trinajstić information content (AvgIpc) is 3.06. The maximum atomic E-state index is 4.46. The first-order chi connectivity index (χ1) is 11.2. The van der Waals surface area contributed by atoms with Gasteiger partial charge in [-0.2, -0.15) is 0 Å². The van der Waals surface area contributed by atoms with Crippen molar-refractivity contribution in [2.45, 2.75) is 13.8 Å². The molecule has 1 fully saturated rings. The zero-order chi connectivity index (χ0) is 15.8. The monoisotopic (exact) mass is 310 g/mol. The number of aromatic nitrogens is 6. The molecule has 0 amide bonds. The van der Waals surface area contributed by atoms with Crippen LogP contribution in [0.4, 0.5) is 11.6 Å². The first-order valence-electron chi connectivity index (χ1n) is 7.66. The van der Waals surface area contributed by atoms with Crippen molar-refractivity contribution < 1.29 is 0 Å². The Bertz CT molecular complexity index is 834. The van der Waals surface area contributed by atoms with Crippen LogP contribution in [0.5, 0.6) is 0 Å². The Hall–Kier alpha value is -2.77.